The zero-order valence-corrected chi connectivity index (χ0v) is 22.1. The molecule has 1 aliphatic carbocycles. The van der Waals surface area contributed by atoms with Gasteiger partial charge in [0.05, 0.1) is 15.6 Å². The van der Waals surface area contributed by atoms with Gasteiger partial charge in [0.25, 0.3) is 15.9 Å². The van der Waals surface area contributed by atoms with Crippen molar-refractivity contribution in [2.24, 2.45) is 0 Å². The van der Waals surface area contributed by atoms with Gasteiger partial charge >= 0.3 is 0 Å². The molecule has 1 N–H and O–H groups in total. The van der Waals surface area contributed by atoms with Crippen LogP contribution in [-0.4, -0.2) is 54.0 Å². The minimum absolute atomic E-state index is 0.0126. The van der Waals surface area contributed by atoms with Crippen LogP contribution in [0.1, 0.15) is 54.9 Å². The van der Waals surface area contributed by atoms with E-state index in [4.69, 9.17) is 23.2 Å². The number of benzene rings is 2. The molecule has 36 heavy (non-hydrogen) atoms. The van der Waals surface area contributed by atoms with E-state index in [1.54, 1.807) is 31.2 Å². The van der Waals surface area contributed by atoms with Gasteiger partial charge in [0.2, 0.25) is 11.8 Å². The van der Waals surface area contributed by atoms with E-state index >= 15 is 0 Å². The van der Waals surface area contributed by atoms with Crippen molar-refractivity contribution < 1.29 is 22.8 Å². The number of rotatable bonds is 8. The van der Waals surface area contributed by atoms with Crippen LogP contribution in [0.2, 0.25) is 10.0 Å². The molecule has 1 fully saturated rings. The Morgan fingerprint density at radius 2 is 1.81 bits per heavy atom. The van der Waals surface area contributed by atoms with E-state index in [2.05, 4.69) is 5.32 Å². The molecule has 0 radical (unpaired) electrons. The summed E-state index contributed by atoms with van der Waals surface area (Å²) < 4.78 is 26.6. The maximum Gasteiger partial charge on any atom is 0.269 e. The molecule has 3 amide bonds. The molecule has 0 bridgehead atoms. The molecule has 2 aromatic carbocycles. The van der Waals surface area contributed by atoms with Gasteiger partial charge in [-0.1, -0.05) is 61.2 Å². The SMILES string of the molecule is CC[C@@H](C(=O)NC1CCCC1)N(Cc1ccc(Cl)c(Cl)c1)C(=O)CN1C(=O)c2ccccc2S1(=O)=O. The number of nitrogens with one attached hydrogen (secondary N) is 1. The highest BCUT2D eigenvalue weighted by Gasteiger charge is 2.43. The number of sulfonamides is 1. The Hall–Kier alpha value is -2.62. The first-order valence-electron chi connectivity index (χ1n) is 11.8. The van der Waals surface area contributed by atoms with Gasteiger partial charge in [-0.05, 0) is 49.1 Å². The van der Waals surface area contributed by atoms with Crippen LogP contribution in [0.3, 0.4) is 0 Å². The number of carbonyl (C=O) groups is 3. The molecule has 192 valence electrons. The minimum Gasteiger partial charge on any atom is -0.352 e. The van der Waals surface area contributed by atoms with Crippen LogP contribution < -0.4 is 5.32 Å². The summed E-state index contributed by atoms with van der Waals surface area (Å²) >= 11 is 12.2. The van der Waals surface area contributed by atoms with Gasteiger partial charge in [0.15, 0.2) is 0 Å². The lowest BCUT2D eigenvalue weighted by atomic mass is 10.1. The second kappa shape index (κ2) is 10.8. The minimum atomic E-state index is -4.18. The highest BCUT2D eigenvalue weighted by Crippen LogP contribution is 2.30. The van der Waals surface area contributed by atoms with Crippen LogP contribution in [0, 0.1) is 0 Å². The first kappa shape index (κ1) is 26.4. The number of fused-ring (bicyclic) bond motifs is 1. The summed E-state index contributed by atoms with van der Waals surface area (Å²) in [7, 11) is -4.18. The van der Waals surface area contributed by atoms with Crippen molar-refractivity contribution in [3.8, 4) is 0 Å². The summed E-state index contributed by atoms with van der Waals surface area (Å²) in [6.45, 7) is 1.05. The molecule has 2 aliphatic rings. The fraction of sp³-hybridized carbons (Fsp3) is 0.400. The summed E-state index contributed by atoms with van der Waals surface area (Å²) in [5, 5.41) is 3.66. The van der Waals surface area contributed by atoms with E-state index in [1.807, 2.05) is 0 Å². The Morgan fingerprint density at radius 1 is 1.11 bits per heavy atom. The predicted octanol–water partition coefficient (Wildman–Crippen LogP) is 4.00. The van der Waals surface area contributed by atoms with Crippen LogP contribution in [-0.2, 0) is 26.2 Å². The fourth-order valence-electron chi connectivity index (χ4n) is 4.72. The lowest BCUT2D eigenvalue weighted by Gasteiger charge is -2.32. The molecule has 1 saturated carbocycles. The molecule has 8 nitrogen and oxygen atoms in total. The lowest BCUT2D eigenvalue weighted by Crippen LogP contribution is -2.53. The smallest absolute Gasteiger partial charge is 0.269 e. The molecular weight excluding hydrogens is 525 g/mol. The van der Waals surface area contributed by atoms with Gasteiger partial charge in [-0.15, -0.1) is 0 Å². The van der Waals surface area contributed by atoms with Crippen molar-refractivity contribution >= 4 is 50.9 Å². The highest BCUT2D eigenvalue weighted by atomic mass is 35.5. The van der Waals surface area contributed by atoms with E-state index in [1.165, 1.54) is 23.1 Å². The van der Waals surface area contributed by atoms with Gasteiger partial charge in [-0.25, -0.2) is 12.7 Å². The average molecular weight is 552 g/mol. The van der Waals surface area contributed by atoms with Gasteiger partial charge in [-0.2, -0.15) is 0 Å². The summed E-state index contributed by atoms with van der Waals surface area (Å²) in [4.78, 5) is 40.9. The van der Waals surface area contributed by atoms with E-state index < -0.39 is 34.4 Å². The topological polar surface area (TPSA) is 104 Å². The van der Waals surface area contributed by atoms with E-state index in [0.29, 0.717) is 21.3 Å². The number of hydrogen-bond donors (Lipinski definition) is 1. The van der Waals surface area contributed by atoms with Gasteiger partial charge in [-0.3, -0.25) is 14.4 Å². The van der Waals surface area contributed by atoms with Crippen LogP contribution in [0.5, 0.6) is 0 Å². The van der Waals surface area contributed by atoms with Crippen molar-refractivity contribution in [1.82, 2.24) is 14.5 Å². The summed E-state index contributed by atoms with van der Waals surface area (Å²) in [6, 6.07) is 9.89. The predicted molar refractivity (Wildman–Crippen MR) is 136 cm³/mol. The van der Waals surface area contributed by atoms with Crippen molar-refractivity contribution in [2.45, 2.75) is 62.6 Å². The second-order valence-electron chi connectivity index (χ2n) is 9.00. The molecule has 0 spiro atoms. The highest BCUT2D eigenvalue weighted by molar-refractivity contribution is 7.90. The molecule has 11 heteroatoms. The van der Waals surface area contributed by atoms with Crippen molar-refractivity contribution in [3.05, 3.63) is 63.6 Å². The van der Waals surface area contributed by atoms with E-state index in [0.717, 1.165) is 25.7 Å². The molecule has 0 aromatic heterocycles. The van der Waals surface area contributed by atoms with Crippen LogP contribution in [0.15, 0.2) is 47.4 Å². The molecule has 1 aliphatic heterocycles. The second-order valence-corrected chi connectivity index (χ2v) is 11.6. The van der Waals surface area contributed by atoms with Crippen molar-refractivity contribution in [1.29, 1.82) is 0 Å². The standard InChI is InChI=1S/C25H27Cl2N3O5S/c1-2-21(24(32)28-17-7-3-4-8-17)29(14-16-11-12-19(26)20(27)13-16)23(31)15-30-25(33)18-9-5-6-10-22(18)36(30,34)35/h5-6,9-13,17,21H,2-4,7-8,14-15H2,1H3,(H,28,32)/t21-/m0/s1. The van der Waals surface area contributed by atoms with Crippen molar-refractivity contribution in [3.63, 3.8) is 0 Å². The molecule has 4 rings (SSSR count). The zero-order valence-electron chi connectivity index (χ0n) is 19.7. The van der Waals surface area contributed by atoms with Gasteiger partial charge < -0.3 is 10.2 Å². The molecule has 1 atom stereocenters. The lowest BCUT2D eigenvalue weighted by molar-refractivity contribution is -0.141. The first-order chi connectivity index (χ1) is 17.1. The van der Waals surface area contributed by atoms with E-state index in [9.17, 15) is 22.8 Å². The number of hydrogen-bond acceptors (Lipinski definition) is 5. The van der Waals surface area contributed by atoms with Gasteiger partial charge in [0.1, 0.15) is 17.5 Å². The fourth-order valence-corrected chi connectivity index (χ4v) is 6.56. The first-order valence-corrected chi connectivity index (χ1v) is 14.0. The third-order valence-electron chi connectivity index (χ3n) is 6.62. The Labute approximate surface area is 220 Å². The normalized spacial score (nSPS) is 17.6. The number of carbonyl (C=O) groups excluding carboxylic acids is 3. The average Bonchev–Trinajstić information content (AvgIpc) is 3.42. The van der Waals surface area contributed by atoms with Crippen molar-refractivity contribution in [2.75, 3.05) is 6.54 Å². The monoisotopic (exact) mass is 551 g/mol. The Morgan fingerprint density at radius 3 is 2.44 bits per heavy atom. The number of halogens is 2. The largest absolute Gasteiger partial charge is 0.352 e. The van der Waals surface area contributed by atoms with Crippen LogP contribution >= 0.6 is 23.2 Å². The Kier molecular flexibility index (Phi) is 7.92. The maximum absolute atomic E-state index is 13.6. The maximum atomic E-state index is 13.6. The number of nitrogens with zero attached hydrogens (tertiary/aromatic N) is 2. The molecule has 2 aromatic rings. The summed E-state index contributed by atoms with van der Waals surface area (Å²) in [5.41, 5.74) is 0.635. The quantitative estimate of drug-likeness (QED) is 0.533. The number of amides is 3. The summed E-state index contributed by atoms with van der Waals surface area (Å²) in [5.74, 6) is -1.74. The zero-order chi connectivity index (χ0) is 26.0. The third-order valence-corrected chi connectivity index (χ3v) is 9.14. The van der Waals surface area contributed by atoms with Gasteiger partial charge in [0, 0.05) is 12.6 Å². The Balaban J connectivity index is 1.62. The molecule has 1 heterocycles. The molecule has 0 unspecified atom stereocenters. The Bertz CT molecular complexity index is 1290. The molecule has 0 saturated heterocycles. The summed E-state index contributed by atoms with van der Waals surface area (Å²) in [6.07, 6.45) is 4.11. The third kappa shape index (κ3) is 5.23. The van der Waals surface area contributed by atoms with Crippen LogP contribution in [0.25, 0.3) is 0 Å². The van der Waals surface area contributed by atoms with Crippen LogP contribution in [0.4, 0.5) is 0 Å². The molecular formula is C25H27Cl2N3O5S. The van der Waals surface area contributed by atoms with E-state index in [-0.39, 0.29) is 34.0 Å².